The number of aryl methyl sites for hydroxylation is 2. The van der Waals surface area contributed by atoms with Crippen LogP contribution >= 0.6 is 0 Å². The number of nitriles is 1. The molecule has 0 saturated carbocycles. The van der Waals surface area contributed by atoms with Crippen LogP contribution in [0.1, 0.15) is 11.1 Å². The summed E-state index contributed by atoms with van der Waals surface area (Å²) in [6, 6.07) is 12.5. The number of nitrogens with two attached hydrogens (primary N) is 1. The summed E-state index contributed by atoms with van der Waals surface area (Å²) in [7, 11) is 3.86. The van der Waals surface area contributed by atoms with Gasteiger partial charge in [-0.15, -0.1) is 0 Å². The van der Waals surface area contributed by atoms with Crippen LogP contribution in [0.3, 0.4) is 0 Å². The molecular formula is C20H18N6. The lowest BCUT2D eigenvalue weighted by Crippen LogP contribution is -2.05. The molecule has 0 aliphatic rings. The lowest BCUT2D eigenvalue weighted by atomic mass is 9.96. The number of aromatic nitrogens is 4. The van der Waals surface area contributed by atoms with E-state index in [1.807, 2.05) is 39.3 Å². The summed E-state index contributed by atoms with van der Waals surface area (Å²) in [5, 5.41) is 15.1. The van der Waals surface area contributed by atoms with E-state index in [-0.39, 0.29) is 5.82 Å². The third kappa shape index (κ3) is 2.25. The number of para-hydroxylation sites is 1. The van der Waals surface area contributed by atoms with E-state index in [1.54, 1.807) is 10.9 Å². The van der Waals surface area contributed by atoms with Crippen LogP contribution in [0.2, 0.25) is 0 Å². The van der Waals surface area contributed by atoms with Gasteiger partial charge in [0, 0.05) is 42.3 Å². The average molecular weight is 342 g/mol. The van der Waals surface area contributed by atoms with Crippen molar-refractivity contribution in [3.05, 3.63) is 53.9 Å². The fraction of sp³-hybridized carbons (Fsp3) is 0.150. The van der Waals surface area contributed by atoms with Gasteiger partial charge in [-0.2, -0.15) is 10.4 Å². The highest BCUT2D eigenvalue weighted by Gasteiger charge is 2.21. The molecule has 4 aromatic rings. The Morgan fingerprint density at radius 3 is 2.62 bits per heavy atom. The minimum Gasteiger partial charge on any atom is -0.383 e. The van der Waals surface area contributed by atoms with E-state index in [0.29, 0.717) is 5.56 Å². The first kappa shape index (κ1) is 15.9. The van der Waals surface area contributed by atoms with Crippen molar-refractivity contribution in [2.75, 3.05) is 5.73 Å². The third-order valence-corrected chi connectivity index (χ3v) is 4.77. The van der Waals surface area contributed by atoms with Gasteiger partial charge in [-0.05, 0) is 24.6 Å². The summed E-state index contributed by atoms with van der Waals surface area (Å²) < 4.78 is 3.81. The molecule has 0 unspecified atom stereocenters. The van der Waals surface area contributed by atoms with Gasteiger partial charge >= 0.3 is 0 Å². The average Bonchev–Trinajstić information content (AvgIpc) is 3.20. The van der Waals surface area contributed by atoms with E-state index in [0.717, 1.165) is 39.0 Å². The van der Waals surface area contributed by atoms with Gasteiger partial charge in [-0.3, -0.25) is 4.68 Å². The van der Waals surface area contributed by atoms with Crippen molar-refractivity contribution in [1.82, 2.24) is 19.3 Å². The highest BCUT2D eigenvalue weighted by Crippen LogP contribution is 2.37. The molecule has 4 rings (SSSR count). The second-order valence-corrected chi connectivity index (χ2v) is 6.38. The third-order valence-electron chi connectivity index (χ3n) is 4.77. The molecule has 0 fully saturated rings. The second-order valence-electron chi connectivity index (χ2n) is 6.38. The molecule has 0 amide bonds. The van der Waals surface area contributed by atoms with Gasteiger partial charge in [0.05, 0.1) is 17.6 Å². The molecule has 0 radical (unpaired) electrons. The van der Waals surface area contributed by atoms with Crippen molar-refractivity contribution in [2.45, 2.75) is 6.92 Å². The second kappa shape index (κ2) is 5.74. The van der Waals surface area contributed by atoms with Gasteiger partial charge in [0.15, 0.2) is 0 Å². The van der Waals surface area contributed by atoms with Gasteiger partial charge in [-0.25, -0.2) is 4.98 Å². The van der Waals surface area contributed by atoms with E-state index in [2.05, 4.69) is 38.9 Å². The molecule has 1 aromatic carbocycles. The number of rotatable bonds is 2. The smallest absolute Gasteiger partial charge is 0.142 e. The summed E-state index contributed by atoms with van der Waals surface area (Å²) >= 11 is 0. The summed E-state index contributed by atoms with van der Waals surface area (Å²) in [6.45, 7) is 1.97. The first-order valence-electron chi connectivity index (χ1n) is 8.25. The number of nitrogens with zero attached hydrogens (tertiary/aromatic N) is 5. The largest absolute Gasteiger partial charge is 0.383 e. The van der Waals surface area contributed by atoms with E-state index < -0.39 is 0 Å². The summed E-state index contributed by atoms with van der Waals surface area (Å²) in [6.07, 6.45) is 3.65. The maximum Gasteiger partial charge on any atom is 0.142 e. The first-order valence-corrected chi connectivity index (χ1v) is 8.25. The number of pyridine rings is 1. The molecule has 26 heavy (non-hydrogen) atoms. The highest BCUT2D eigenvalue weighted by molar-refractivity contribution is 5.91. The van der Waals surface area contributed by atoms with E-state index in [9.17, 15) is 5.26 Å². The SMILES string of the molecule is Cc1c(-c2cnn(C)c2)nc(N)c(C#N)c1-c1cc2ccccc2n1C. The molecule has 0 saturated heterocycles. The Labute approximate surface area is 151 Å². The minimum absolute atomic E-state index is 0.234. The zero-order chi connectivity index (χ0) is 18.4. The number of anilines is 1. The Hall–Kier alpha value is -3.59. The zero-order valence-corrected chi connectivity index (χ0v) is 14.9. The van der Waals surface area contributed by atoms with Gasteiger partial charge in [0.2, 0.25) is 0 Å². The molecule has 3 heterocycles. The van der Waals surface area contributed by atoms with Crippen molar-refractivity contribution in [3.63, 3.8) is 0 Å². The van der Waals surface area contributed by atoms with Crippen LogP contribution in [0.5, 0.6) is 0 Å². The number of hydrogen-bond acceptors (Lipinski definition) is 4. The predicted octanol–water partition coefficient (Wildman–Crippen LogP) is 3.40. The van der Waals surface area contributed by atoms with Crippen molar-refractivity contribution in [2.24, 2.45) is 14.1 Å². The Morgan fingerprint density at radius 1 is 1.19 bits per heavy atom. The zero-order valence-electron chi connectivity index (χ0n) is 14.9. The lowest BCUT2D eigenvalue weighted by molar-refractivity contribution is 0.768. The van der Waals surface area contributed by atoms with Crippen LogP contribution in [0.25, 0.3) is 33.4 Å². The van der Waals surface area contributed by atoms with Crippen LogP contribution in [0.15, 0.2) is 42.7 Å². The molecule has 6 nitrogen and oxygen atoms in total. The van der Waals surface area contributed by atoms with Gasteiger partial charge in [-0.1, -0.05) is 18.2 Å². The molecule has 2 N–H and O–H groups in total. The van der Waals surface area contributed by atoms with Crippen LogP contribution in [0.4, 0.5) is 5.82 Å². The van der Waals surface area contributed by atoms with Crippen LogP contribution in [0, 0.1) is 18.3 Å². The molecule has 128 valence electrons. The van der Waals surface area contributed by atoms with Crippen molar-refractivity contribution < 1.29 is 0 Å². The predicted molar refractivity (Wildman–Crippen MR) is 102 cm³/mol. The standard InChI is InChI=1S/C20H18N6/c1-12-18(17-8-13-6-4-5-7-16(13)26(17)3)15(9-21)20(22)24-19(12)14-10-23-25(2)11-14/h4-8,10-11H,1-3H3,(H2,22,24). The van der Waals surface area contributed by atoms with Crippen molar-refractivity contribution >= 4 is 16.7 Å². The first-order chi connectivity index (χ1) is 12.5. The Bertz CT molecular complexity index is 1190. The van der Waals surface area contributed by atoms with Gasteiger partial charge in [0.1, 0.15) is 17.5 Å². The molecule has 0 spiro atoms. The highest BCUT2D eigenvalue weighted by atomic mass is 15.2. The van der Waals surface area contributed by atoms with Crippen LogP contribution in [-0.4, -0.2) is 19.3 Å². The molecule has 0 aliphatic carbocycles. The quantitative estimate of drug-likeness (QED) is 0.605. The van der Waals surface area contributed by atoms with Crippen molar-refractivity contribution in [1.29, 1.82) is 5.26 Å². The molecular weight excluding hydrogens is 324 g/mol. The fourth-order valence-electron chi connectivity index (χ4n) is 3.48. The normalized spacial score (nSPS) is 11.0. The van der Waals surface area contributed by atoms with Crippen molar-refractivity contribution in [3.8, 4) is 28.6 Å². The van der Waals surface area contributed by atoms with E-state index >= 15 is 0 Å². The van der Waals surface area contributed by atoms with Crippen LogP contribution in [-0.2, 0) is 14.1 Å². The van der Waals surface area contributed by atoms with Crippen LogP contribution < -0.4 is 5.73 Å². The summed E-state index contributed by atoms with van der Waals surface area (Å²) in [5.74, 6) is 0.234. The maximum absolute atomic E-state index is 9.72. The monoisotopic (exact) mass is 342 g/mol. The van der Waals surface area contributed by atoms with Gasteiger partial charge in [0.25, 0.3) is 0 Å². The fourth-order valence-corrected chi connectivity index (χ4v) is 3.48. The van der Waals surface area contributed by atoms with E-state index in [1.165, 1.54) is 0 Å². The molecule has 6 heteroatoms. The summed E-state index contributed by atoms with van der Waals surface area (Å²) in [5.41, 5.74) is 12.0. The van der Waals surface area contributed by atoms with E-state index in [4.69, 9.17) is 5.73 Å². The molecule has 0 atom stereocenters. The number of benzene rings is 1. The number of nitrogen functional groups attached to an aromatic ring is 1. The lowest BCUT2D eigenvalue weighted by Gasteiger charge is -2.15. The number of hydrogen-bond donors (Lipinski definition) is 1. The minimum atomic E-state index is 0.234. The van der Waals surface area contributed by atoms with Gasteiger partial charge < -0.3 is 10.3 Å². The maximum atomic E-state index is 9.72. The summed E-state index contributed by atoms with van der Waals surface area (Å²) in [4.78, 5) is 4.49. The number of fused-ring (bicyclic) bond motifs is 1. The molecule has 3 aromatic heterocycles. The Balaban J connectivity index is 2.08. The topological polar surface area (TPSA) is 85.5 Å². The molecule has 0 bridgehead atoms. The Kier molecular flexibility index (Phi) is 3.51. The molecule has 0 aliphatic heterocycles. The Morgan fingerprint density at radius 2 is 1.96 bits per heavy atom.